The first kappa shape index (κ1) is 15.4. The summed E-state index contributed by atoms with van der Waals surface area (Å²) in [7, 11) is 1.51. The largest absolute Gasteiger partial charge is 0.481 e. The van der Waals surface area contributed by atoms with Crippen molar-refractivity contribution in [1.82, 2.24) is 9.88 Å². The van der Waals surface area contributed by atoms with Crippen molar-refractivity contribution in [3.05, 3.63) is 29.6 Å². The van der Waals surface area contributed by atoms with Gasteiger partial charge in [-0.2, -0.15) is 0 Å². The van der Waals surface area contributed by atoms with Crippen LogP contribution in [0, 0.1) is 0 Å². The quantitative estimate of drug-likeness (QED) is 0.857. The molecule has 1 atom stereocenters. The maximum atomic E-state index is 12.0. The van der Waals surface area contributed by atoms with E-state index in [4.69, 9.17) is 9.84 Å². The number of rotatable bonds is 6. The van der Waals surface area contributed by atoms with Crippen LogP contribution in [0.1, 0.15) is 36.7 Å². The van der Waals surface area contributed by atoms with Crippen LogP contribution in [-0.4, -0.2) is 47.1 Å². The van der Waals surface area contributed by atoms with Crippen LogP contribution in [0.2, 0.25) is 0 Å². The first-order chi connectivity index (χ1) is 10.1. The molecule has 0 aromatic carbocycles. The summed E-state index contributed by atoms with van der Waals surface area (Å²) in [6, 6.07) is 5.56. The summed E-state index contributed by atoms with van der Waals surface area (Å²) in [5.41, 5.74) is 1.58. The van der Waals surface area contributed by atoms with E-state index in [2.05, 4.69) is 4.98 Å². The Balaban J connectivity index is 2.11. The zero-order valence-corrected chi connectivity index (χ0v) is 12.1. The van der Waals surface area contributed by atoms with Gasteiger partial charge in [0.2, 0.25) is 5.91 Å². The molecule has 2 rings (SSSR count). The van der Waals surface area contributed by atoms with Crippen LogP contribution in [0.5, 0.6) is 0 Å². The average molecular weight is 292 g/mol. The molecule has 0 radical (unpaired) electrons. The summed E-state index contributed by atoms with van der Waals surface area (Å²) < 4.78 is 4.91. The lowest BCUT2D eigenvalue weighted by Gasteiger charge is -2.24. The topological polar surface area (TPSA) is 79.7 Å². The van der Waals surface area contributed by atoms with E-state index in [1.165, 1.54) is 7.11 Å². The second-order valence-electron chi connectivity index (χ2n) is 5.13. The highest BCUT2D eigenvalue weighted by molar-refractivity contribution is 5.78. The number of aryl methyl sites for hydroxylation is 1. The summed E-state index contributed by atoms with van der Waals surface area (Å²) in [6.07, 6.45) is 2.29. The maximum absolute atomic E-state index is 12.0. The molecule has 1 unspecified atom stereocenters. The minimum Gasteiger partial charge on any atom is -0.481 e. The lowest BCUT2D eigenvalue weighted by atomic mass is 10.1. The SMILES string of the molecule is COCC(=O)N1CCCC1c1cccc(CCC(=O)O)n1. The third-order valence-corrected chi connectivity index (χ3v) is 3.61. The molecule has 1 saturated heterocycles. The molecule has 6 nitrogen and oxygen atoms in total. The van der Waals surface area contributed by atoms with Crippen LogP contribution in [0.25, 0.3) is 0 Å². The fourth-order valence-corrected chi connectivity index (χ4v) is 2.64. The Kier molecular flexibility index (Phi) is 5.27. The highest BCUT2D eigenvalue weighted by Gasteiger charge is 2.30. The van der Waals surface area contributed by atoms with Crippen molar-refractivity contribution in [3.8, 4) is 0 Å². The van der Waals surface area contributed by atoms with Gasteiger partial charge in [-0.3, -0.25) is 14.6 Å². The highest BCUT2D eigenvalue weighted by atomic mass is 16.5. The van der Waals surface area contributed by atoms with Crippen molar-refractivity contribution < 1.29 is 19.4 Å². The summed E-state index contributed by atoms with van der Waals surface area (Å²) in [6.45, 7) is 0.795. The van der Waals surface area contributed by atoms with E-state index in [0.29, 0.717) is 13.0 Å². The number of carbonyl (C=O) groups excluding carboxylic acids is 1. The van der Waals surface area contributed by atoms with Crippen molar-refractivity contribution in [2.24, 2.45) is 0 Å². The summed E-state index contributed by atoms with van der Waals surface area (Å²) in [5, 5.41) is 8.73. The molecule has 1 aromatic rings. The molecule has 1 aliphatic heterocycles. The van der Waals surface area contributed by atoms with E-state index in [1.807, 2.05) is 18.2 Å². The molecule has 1 aromatic heterocycles. The standard InChI is InChI=1S/C15H20N2O4/c1-21-10-14(18)17-9-3-6-13(17)12-5-2-4-11(16-12)7-8-15(19)20/h2,4-5,13H,3,6-10H2,1H3,(H,19,20). The molecule has 114 valence electrons. The number of ether oxygens (including phenoxy) is 1. The van der Waals surface area contributed by atoms with Gasteiger partial charge in [0.25, 0.3) is 0 Å². The molecule has 0 saturated carbocycles. The third kappa shape index (κ3) is 4.01. The van der Waals surface area contributed by atoms with Gasteiger partial charge in [0.05, 0.1) is 18.2 Å². The summed E-state index contributed by atoms with van der Waals surface area (Å²) in [4.78, 5) is 29.0. The Morgan fingerprint density at radius 3 is 3.00 bits per heavy atom. The molecule has 0 spiro atoms. The lowest BCUT2D eigenvalue weighted by molar-refractivity contribution is -0.137. The van der Waals surface area contributed by atoms with Gasteiger partial charge in [0.15, 0.2) is 0 Å². The lowest BCUT2D eigenvalue weighted by Crippen LogP contribution is -2.33. The van der Waals surface area contributed by atoms with E-state index < -0.39 is 5.97 Å². The Hall–Kier alpha value is -1.95. The Morgan fingerprint density at radius 1 is 1.48 bits per heavy atom. The van der Waals surface area contributed by atoms with Gasteiger partial charge >= 0.3 is 5.97 Å². The number of carboxylic acids is 1. The van der Waals surface area contributed by atoms with Crippen molar-refractivity contribution in [3.63, 3.8) is 0 Å². The van der Waals surface area contributed by atoms with Gasteiger partial charge in [-0.1, -0.05) is 6.07 Å². The van der Waals surface area contributed by atoms with Crippen LogP contribution in [0.3, 0.4) is 0 Å². The molecule has 2 heterocycles. The first-order valence-electron chi connectivity index (χ1n) is 7.08. The normalized spacial score (nSPS) is 18.0. The predicted octanol–water partition coefficient (Wildman–Crippen LogP) is 1.41. The van der Waals surface area contributed by atoms with Crippen molar-refractivity contribution in [1.29, 1.82) is 0 Å². The molecule has 1 aliphatic rings. The van der Waals surface area contributed by atoms with E-state index >= 15 is 0 Å². The maximum Gasteiger partial charge on any atom is 0.303 e. The third-order valence-electron chi connectivity index (χ3n) is 3.61. The number of hydrogen-bond donors (Lipinski definition) is 1. The second-order valence-corrected chi connectivity index (χ2v) is 5.13. The number of hydrogen-bond acceptors (Lipinski definition) is 4. The molecular formula is C15H20N2O4. The number of likely N-dealkylation sites (tertiary alicyclic amines) is 1. The molecule has 0 aliphatic carbocycles. The van der Waals surface area contributed by atoms with Gasteiger partial charge in [-0.05, 0) is 25.0 Å². The fourth-order valence-electron chi connectivity index (χ4n) is 2.64. The number of aliphatic carboxylic acids is 1. The van der Waals surface area contributed by atoms with E-state index in [-0.39, 0.29) is 25.0 Å². The Morgan fingerprint density at radius 2 is 2.29 bits per heavy atom. The van der Waals surface area contributed by atoms with Crippen LogP contribution >= 0.6 is 0 Å². The van der Waals surface area contributed by atoms with Gasteiger partial charge in [0.1, 0.15) is 6.61 Å². The smallest absolute Gasteiger partial charge is 0.303 e. The number of aromatic nitrogens is 1. The van der Waals surface area contributed by atoms with E-state index in [1.54, 1.807) is 4.90 Å². The molecule has 1 N–H and O–H groups in total. The number of nitrogens with zero attached hydrogens (tertiary/aromatic N) is 2. The average Bonchev–Trinajstić information content (AvgIpc) is 2.95. The first-order valence-corrected chi connectivity index (χ1v) is 7.08. The van der Waals surface area contributed by atoms with Crippen LogP contribution < -0.4 is 0 Å². The fraction of sp³-hybridized carbons (Fsp3) is 0.533. The zero-order chi connectivity index (χ0) is 15.2. The summed E-state index contributed by atoms with van der Waals surface area (Å²) >= 11 is 0. The Labute approximate surface area is 123 Å². The van der Waals surface area contributed by atoms with Crippen LogP contribution in [0.4, 0.5) is 0 Å². The number of pyridine rings is 1. The molecule has 1 fully saturated rings. The van der Waals surface area contributed by atoms with Crippen molar-refractivity contribution in [2.45, 2.75) is 31.7 Å². The highest BCUT2D eigenvalue weighted by Crippen LogP contribution is 2.30. The minimum atomic E-state index is -0.833. The molecule has 0 bridgehead atoms. The molecule has 21 heavy (non-hydrogen) atoms. The van der Waals surface area contributed by atoms with Gasteiger partial charge < -0.3 is 14.7 Å². The zero-order valence-electron chi connectivity index (χ0n) is 12.1. The van der Waals surface area contributed by atoms with E-state index in [9.17, 15) is 9.59 Å². The van der Waals surface area contributed by atoms with Gasteiger partial charge in [0, 0.05) is 25.8 Å². The number of amides is 1. The van der Waals surface area contributed by atoms with Crippen molar-refractivity contribution in [2.75, 3.05) is 20.3 Å². The Bertz CT molecular complexity index is 518. The number of carbonyl (C=O) groups is 2. The van der Waals surface area contributed by atoms with E-state index in [0.717, 1.165) is 24.2 Å². The predicted molar refractivity (Wildman–Crippen MR) is 75.8 cm³/mol. The van der Waals surface area contributed by atoms with Gasteiger partial charge in [-0.15, -0.1) is 0 Å². The van der Waals surface area contributed by atoms with Crippen LogP contribution in [-0.2, 0) is 20.7 Å². The summed E-state index contributed by atoms with van der Waals surface area (Å²) in [5.74, 6) is -0.863. The second kappa shape index (κ2) is 7.17. The number of methoxy groups -OCH3 is 1. The molecule has 1 amide bonds. The number of carboxylic acid groups (broad SMARTS) is 1. The molecular weight excluding hydrogens is 272 g/mol. The van der Waals surface area contributed by atoms with Gasteiger partial charge in [-0.25, -0.2) is 0 Å². The van der Waals surface area contributed by atoms with Crippen molar-refractivity contribution >= 4 is 11.9 Å². The monoisotopic (exact) mass is 292 g/mol. The molecule has 6 heteroatoms. The van der Waals surface area contributed by atoms with Crippen LogP contribution in [0.15, 0.2) is 18.2 Å². The minimum absolute atomic E-state index is 0.0299.